The van der Waals surface area contributed by atoms with E-state index in [1.165, 1.54) is 19.3 Å². The summed E-state index contributed by atoms with van der Waals surface area (Å²) in [6.07, 6.45) is 5.93. The number of hydrogen-bond acceptors (Lipinski definition) is 3. The number of hydrogen-bond donors (Lipinski definition) is 3. The molecule has 0 atom stereocenters. The van der Waals surface area contributed by atoms with Crippen LogP contribution in [0.25, 0.3) is 0 Å². The zero-order chi connectivity index (χ0) is 10.2. The van der Waals surface area contributed by atoms with Crippen LogP contribution in [0.1, 0.15) is 32.1 Å². The van der Waals surface area contributed by atoms with Gasteiger partial charge >= 0.3 is 6.03 Å². The van der Waals surface area contributed by atoms with E-state index in [1.807, 2.05) is 0 Å². The first-order valence-corrected chi connectivity index (χ1v) is 5.19. The molecule has 0 radical (unpaired) electrons. The predicted octanol–water partition coefficient (Wildman–Crippen LogP) is 0.509. The summed E-state index contributed by atoms with van der Waals surface area (Å²) >= 11 is 0. The Labute approximate surface area is 84.3 Å². The van der Waals surface area contributed by atoms with Crippen LogP contribution in [-0.4, -0.2) is 25.2 Å². The minimum Gasteiger partial charge on any atom is -0.336 e. The maximum Gasteiger partial charge on any atom is 0.315 e. The molecule has 1 rings (SSSR count). The zero-order valence-electron chi connectivity index (χ0n) is 8.42. The molecule has 1 fully saturated rings. The van der Waals surface area contributed by atoms with Crippen molar-refractivity contribution in [2.45, 2.75) is 38.1 Å². The molecule has 0 aromatic rings. The van der Waals surface area contributed by atoms with E-state index in [1.54, 1.807) is 0 Å². The van der Waals surface area contributed by atoms with Gasteiger partial charge in [-0.1, -0.05) is 19.3 Å². The predicted molar refractivity (Wildman–Crippen MR) is 53.5 cm³/mol. The van der Waals surface area contributed by atoms with E-state index in [0.717, 1.165) is 12.8 Å². The lowest BCUT2D eigenvalue weighted by molar-refractivity contribution is 0.140. The second-order valence-corrected chi connectivity index (χ2v) is 3.61. The molecule has 4 N–H and O–H groups in total. The van der Waals surface area contributed by atoms with Crippen LogP contribution in [0.2, 0.25) is 0 Å². The first kappa shape index (κ1) is 11.3. The highest BCUT2D eigenvalue weighted by atomic mass is 16.6. The highest BCUT2D eigenvalue weighted by molar-refractivity contribution is 5.74. The van der Waals surface area contributed by atoms with E-state index >= 15 is 0 Å². The second kappa shape index (κ2) is 6.62. The molecule has 0 aromatic carbocycles. The van der Waals surface area contributed by atoms with Crippen molar-refractivity contribution >= 4 is 6.03 Å². The lowest BCUT2D eigenvalue weighted by Crippen LogP contribution is -2.43. The van der Waals surface area contributed by atoms with Crippen molar-refractivity contribution in [3.05, 3.63) is 0 Å². The Bertz CT molecular complexity index is 169. The molecule has 5 heteroatoms. The van der Waals surface area contributed by atoms with E-state index in [9.17, 15) is 4.79 Å². The first-order valence-electron chi connectivity index (χ1n) is 5.19. The van der Waals surface area contributed by atoms with E-state index in [-0.39, 0.29) is 6.03 Å². The van der Waals surface area contributed by atoms with Crippen LogP contribution in [0.4, 0.5) is 4.79 Å². The third-order valence-corrected chi connectivity index (χ3v) is 2.45. The molecule has 82 valence electrons. The van der Waals surface area contributed by atoms with Crippen LogP contribution >= 0.6 is 0 Å². The number of rotatable bonds is 4. The minimum atomic E-state index is -0.117. The molecule has 0 bridgehead atoms. The SMILES string of the molecule is NOCCNC(=O)NC1CCCCC1. The van der Waals surface area contributed by atoms with E-state index in [4.69, 9.17) is 5.90 Å². The number of urea groups is 1. The van der Waals surface area contributed by atoms with Gasteiger partial charge in [-0.05, 0) is 12.8 Å². The molecule has 1 saturated carbocycles. The van der Waals surface area contributed by atoms with Crippen molar-refractivity contribution in [1.29, 1.82) is 0 Å². The van der Waals surface area contributed by atoms with Gasteiger partial charge in [-0.15, -0.1) is 0 Å². The maximum atomic E-state index is 11.3. The summed E-state index contributed by atoms with van der Waals surface area (Å²) in [5.41, 5.74) is 0. The summed E-state index contributed by atoms with van der Waals surface area (Å²) in [6.45, 7) is 0.799. The Hall–Kier alpha value is -0.810. The Morgan fingerprint density at radius 1 is 1.36 bits per heavy atom. The van der Waals surface area contributed by atoms with Crippen LogP contribution < -0.4 is 16.5 Å². The molecule has 1 aliphatic rings. The van der Waals surface area contributed by atoms with E-state index < -0.39 is 0 Å². The van der Waals surface area contributed by atoms with Crippen LogP contribution in [0.3, 0.4) is 0 Å². The Morgan fingerprint density at radius 2 is 2.07 bits per heavy atom. The number of nitrogens with two attached hydrogens (primary N) is 1. The van der Waals surface area contributed by atoms with Gasteiger partial charge in [0.1, 0.15) is 0 Å². The van der Waals surface area contributed by atoms with Crippen molar-refractivity contribution in [3.8, 4) is 0 Å². The minimum absolute atomic E-state index is 0.117. The molecule has 0 saturated heterocycles. The van der Waals surface area contributed by atoms with E-state index in [0.29, 0.717) is 19.2 Å². The monoisotopic (exact) mass is 201 g/mol. The molecule has 0 unspecified atom stereocenters. The van der Waals surface area contributed by atoms with Crippen LogP contribution in [0.15, 0.2) is 0 Å². The smallest absolute Gasteiger partial charge is 0.315 e. The fraction of sp³-hybridized carbons (Fsp3) is 0.889. The van der Waals surface area contributed by atoms with E-state index in [2.05, 4.69) is 15.5 Å². The second-order valence-electron chi connectivity index (χ2n) is 3.61. The fourth-order valence-electron chi connectivity index (χ4n) is 1.71. The number of carbonyl (C=O) groups excluding carboxylic acids is 1. The highest BCUT2D eigenvalue weighted by Gasteiger charge is 2.14. The van der Waals surface area contributed by atoms with Gasteiger partial charge in [0.25, 0.3) is 0 Å². The van der Waals surface area contributed by atoms with Gasteiger partial charge in [-0.2, -0.15) is 0 Å². The largest absolute Gasteiger partial charge is 0.336 e. The summed E-state index contributed by atoms with van der Waals surface area (Å²) in [4.78, 5) is 15.6. The van der Waals surface area contributed by atoms with Gasteiger partial charge in [0, 0.05) is 12.6 Å². The van der Waals surface area contributed by atoms with Gasteiger partial charge in [0.15, 0.2) is 0 Å². The summed E-state index contributed by atoms with van der Waals surface area (Å²) in [6, 6.07) is 0.233. The Balaban J connectivity index is 2.06. The van der Waals surface area contributed by atoms with Gasteiger partial charge in [0.2, 0.25) is 0 Å². The molecule has 1 aliphatic carbocycles. The van der Waals surface area contributed by atoms with Crippen molar-refractivity contribution < 1.29 is 9.63 Å². The Morgan fingerprint density at radius 3 is 2.71 bits per heavy atom. The first-order chi connectivity index (χ1) is 6.83. The topological polar surface area (TPSA) is 76.4 Å². The van der Waals surface area contributed by atoms with Crippen molar-refractivity contribution in [3.63, 3.8) is 0 Å². The zero-order valence-corrected chi connectivity index (χ0v) is 8.42. The van der Waals surface area contributed by atoms with Crippen LogP contribution in [0, 0.1) is 0 Å². The fourth-order valence-corrected chi connectivity index (χ4v) is 1.71. The number of carbonyl (C=O) groups is 1. The average Bonchev–Trinajstić information content (AvgIpc) is 2.20. The molecule has 0 spiro atoms. The number of amides is 2. The van der Waals surface area contributed by atoms with Gasteiger partial charge in [0.05, 0.1) is 6.61 Å². The maximum absolute atomic E-state index is 11.3. The standard InChI is InChI=1S/C9H19N3O2/c10-14-7-6-11-9(13)12-8-4-2-1-3-5-8/h8H,1-7,10H2,(H2,11,12,13). The van der Waals surface area contributed by atoms with Gasteiger partial charge < -0.3 is 15.5 Å². The lowest BCUT2D eigenvalue weighted by Gasteiger charge is -2.22. The summed E-state index contributed by atoms with van der Waals surface area (Å²) in [5.74, 6) is 4.83. The third kappa shape index (κ3) is 4.43. The molecule has 5 nitrogen and oxygen atoms in total. The summed E-state index contributed by atoms with van der Waals surface area (Å²) in [7, 11) is 0. The van der Waals surface area contributed by atoms with Crippen LogP contribution in [0.5, 0.6) is 0 Å². The molecule has 2 amide bonds. The lowest BCUT2D eigenvalue weighted by atomic mass is 9.96. The van der Waals surface area contributed by atoms with Gasteiger partial charge in [-0.25, -0.2) is 10.7 Å². The summed E-state index contributed by atoms with van der Waals surface area (Å²) in [5, 5.41) is 5.61. The molecular formula is C9H19N3O2. The Kier molecular flexibility index (Phi) is 5.32. The molecule has 0 heterocycles. The van der Waals surface area contributed by atoms with Crippen molar-refractivity contribution in [2.24, 2.45) is 5.90 Å². The summed E-state index contributed by atoms with van der Waals surface area (Å²) < 4.78 is 0. The highest BCUT2D eigenvalue weighted by Crippen LogP contribution is 2.16. The van der Waals surface area contributed by atoms with Gasteiger partial charge in [-0.3, -0.25) is 0 Å². The molecule has 0 aliphatic heterocycles. The quantitative estimate of drug-likeness (QED) is 0.458. The van der Waals surface area contributed by atoms with Crippen molar-refractivity contribution in [1.82, 2.24) is 10.6 Å². The average molecular weight is 201 g/mol. The third-order valence-electron chi connectivity index (χ3n) is 2.45. The van der Waals surface area contributed by atoms with Crippen molar-refractivity contribution in [2.75, 3.05) is 13.2 Å². The number of nitrogens with one attached hydrogen (secondary N) is 2. The molecule has 0 aromatic heterocycles. The normalized spacial score (nSPS) is 17.8. The van der Waals surface area contributed by atoms with Crippen LogP contribution in [-0.2, 0) is 4.84 Å². The molecule has 14 heavy (non-hydrogen) atoms. The molecular weight excluding hydrogens is 182 g/mol.